The molecule has 0 atom stereocenters. The monoisotopic (exact) mass is 473 g/mol. The standard InChI is InChI=1S/C27H28BNO6/c1-18-7-5-8-19(2)26(18)23-10-6-9-20(27(23)32-4)17-33-22-13-11-21(12-14-22)28-34-24(30)15-29(3)16-25(31)35-28/h5-16,30-31H,17H2,1-4H3/b24-15-,25-16-. The van der Waals surface area contributed by atoms with Crippen molar-refractivity contribution in [1.82, 2.24) is 4.90 Å². The number of nitrogens with zero attached hydrogens (tertiary/aromatic N) is 1. The van der Waals surface area contributed by atoms with E-state index in [0.717, 1.165) is 22.4 Å². The van der Waals surface area contributed by atoms with Gasteiger partial charge in [-0.05, 0) is 42.7 Å². The fourth-order valence-corrected chi connectivity index (χ4v) is 4.08. The zero-order chi connectivity index (χ0) is 24.9. The summed E-state index contributed by atoms with van der Waals surface area (Å²) in [6.45, 7) is 4.51. The van der Waals surface area contributed by atoms with E-state index in [0.29, 0.717) is 17.8 Å². The zero-order valence-electron chi connectivity index (χ0n) is 20.2. The smallest absolute Gasteiger partial charge is 0.496 e. The molecule has 0 bridgehead atoms. The topological polar surface area (TPSA) is 80.6 Å². The average Bonchev–Trinajstić information content (AvgIpc) is 2.81. The summed E-state index contributed by atoms with van der Waals surface area (Å²) >= 11 is 0. The van der Waals surface area contributed by atoms with Crippen molar-refractivity contribution < 1.29 is 29.0 Å². The van der Waals surface area contributed by atoms with Gasteiger partial charge in [-0.1, -0.05) is 48.5 Å². The van der Waals surface area contributed by atoms with Crippen molar-refractivity contribution in [2.24, 2.45) is 0 Å². The van der Waals surface area contributed by atoms with Crippen LogP contribution >= 0.6 is 0 Å². The summed E-state index contributed by atoms with van der Waals surface area (Å²) in [4.78, 5) is 1.42. The van der Waals surface area contributed by atoms with Crippen molar-refractivity contribution in [3.8, 4) is 22.6 Å². The molecule has 0 unspecified atom stereocenters. The van der Waals surface area contributed by atoms with E-state index in [1.807, 2.05) is 12.1 Å². The highest BCUT2D eigenvalue weighted by molar-refractivity contribution is 6.61. The number of rotatable bonds is 6. The lowest BCUT2D eigenvalue weighted by Crippen LogP contribution is -2.37. The molecule has 180 valence electrons. The lowest BCUT2D eigenvalue weighted by Gasteiger charge is -2.20. The largest absolute Gasteiger partial charge is 0.636 e. The van der Waals surface area contributed by atoms with E-state index < -0.39 is 7.12 Å². The molecule has 7 nitrogen and oxygen atoms in total. The predicted molar refractivity (Wildman–Crippen MR) is 135 cm³/mol. The zero-order valence-corrected chi connectivity index (χ0v) is 20.2. The maximum atomic E-state index is 9.93. The van der Waals surface area contributed by atoms with Crippen molar-refractivity contribution in [2.75, 3.05) is 14.2 Å². The highest BCUT2D eigenvalue weighted by Crippen LogP contribution is 2.37. The first kappa shape index (κ1) is 23.9. The Morgan fingerprint density at radius 1 is 0.857 bits per heavy atom. The van der Waals surface area contributed by atoms with E-state index in [1.165, 1.54) is 28.4 Å². The number of aliphatic hydroxyl groups excluding tert-OH is 2. The Morgan fingerprint density at radius 3 is 2.06 bits per heavy atom. The van der Waals surface area contributed by atoms with Crippen LogP contribution in [0, 0.1) is 13.8 Å². The van der Waals surface area contributed by atoms with Crippen LogP contribution in [-0.4, -0.2) is 36.4 Å². The van der Waals surface area contributed by atoms with Gasteiger partial charge in [0.05, 0.1) is 19.5 Å². The molecule has 35 heavy (non-hydrogen) atoms. The van der Waals surface area contributed by atoms with Gasteiger partial charge < -0.3 is 33.9 Å². The second-order valence-corrected chi connectivity index (χ2v) is 8.29. The van der Waals surface area contributed by atoms with Gasteiger partial charge in [-0.15, -0.1) is 0 Å². The highest BCUT2D eigenvalue weighted by Gasteiger charge is 2.29. The highest BCUT2D eigenvalue weighted by atomic mass is 16.7. The quantitative estimate of drug-likeness (QED) is 0.491. The van der Waals surface area contributed by atoms with Gasteiger partial charge in [0.15, 0.2) is 0 Å². The van der Waals surface area contributed by atoms with Gasteiger partial charge in [0.25, 0.3) is 11.9 Å². The Bertz CT molecular complexity index is 1210. The second kappa shape index (κ2) is 10.4. The van der Waals surface area contributed by atoms with Crippen LogP contribution in [0.15, 0.2) is 85.0 Å². The number of benzene rings is 3. The lowest BCUT2D eigenvalue weighted by atomic mass is 9.79. The molecule has 2 N–H and O–H groups in total. The first-order valence-corrected chi connectivity index (χ1v) is 11.2. The Balaban J connectivity index is 1.51. The van der Waals surface area contributed by atoms with Crippen molar-refractivity contribution >= 4 is 12.6 Å². The SMILES string of the molecule is COc1c(COc2ccc(B3O/C(O)=C\N(C)/C=C(/O)O3)cc2)cccc1-c1c(C)cccc1C. The van der Waals surface area contributed by atoms with E-state index in [2.05, 4.69) is 38.1 Å². The summed E-state index contributed by atoms with van der Waals surface area (Å²) in [6.07, 6.45) is 2.65. The summed E-state index contributed by atoms with van der Waals surface area (Å²) in [7, 11) is 2.28. The summed E-state index contributed by atoms with van der Waals surface area (Å²) in [5, 5.41) is 19.9. The molecular formula is C27H28BNO6. The molecule has 0 fully saturated rings. The molecule has 0 spiro atoms. The van der Waals surface area contributed by atoms with Gasteiger partial charge in [0.1, 0.15) is 18.1 Å². The Hall–Kier alpha value is -4.20. The minimum absolute atomic E-state index is 0.317. The van der Waals surface area contributed by atoms with Crippen LogP contribution in [0.1, 0.15) is 16.7 Å². The van der Waals surface area contributed by atoms with Crippen LogP contribution < -0.4 is 14.9 Å². The van der Waals surface area contributed by atoms with Gasteiger partial charge in [0, 0.05) is 23.6 Å². The third-order valence-electron chi connectivity index (χ3n) is 5.68. The molecule has 3 aromatic rings. The number of para-hydroxylation sites is 1. The summed E-state index contributed by atoms with van der Waals surface area (Å²) in [5.41, 5.74) is 6.09. The number of hydrogen-bond acceptors (Lipinski definition) is 7. The minimum Gasteiger partial charge on any atom is -0.496 e. The van der Waals surface area contributed by atoms with Crippen molar-refractivity contribution in [3.63, 3.8) is 0 Å². The third kappa shape index (κ3) is 5.49. The fourth-order valence-electron chi connectivity index (χ4n) is 4.08. The van der Waals surface area contributed by atoms with Crippen LogP contribution in [0.25, 0.3) is 11.1 Å². The minimum atomic E-state index is -1.01. The first-order chi connectivity index (χ1) is 16.9. The van der Waals surface area contributed by atoms with Crippen molar-refractivity contribution in [3.05, 3.63) is 102 Å². The van der Waals surface area contributed by atoms with Gasteiger partial charge in [0.2, 0.25) is 0 Å². The van der Waals surface area contributed by atoms with E-state index in [-0.39, 0.29) is 11.9 Å². The molecule has 1 aliphatic rings. The van der Waals surface area contributed by atoms with Gasteiger partial charge >= 0.3 is 7.12 Å². The van der Waals surface area contributed by atoms with Gasteiger partial charge in [-0.2, -0.15) is 0 Å². The van der Waals surface area contributed by atoms with Crippen LogP contribution in [0.2, 0.25) is 0 Å². The van der Waals surface area contributed by atoms with Crippen molar-refractivity contribution in [2.45, 2.75) is 20.5 Å². The molecule has 0 saturated carbocycles. The molecule has 0 radical (unpaired) electrons. The predicted octanol–water partition coefficient (Wildman–Crippen LogP) is 4.95. The normalized spacial score (nSPS) is 16.6. The van der Waals surface area contributed by atoms with Crippen LogP contribution in [0.4, 0.5) is 0 Å². The average molecular weight is 473 g/mol. The van der Waals surface area contributed by atoms with E-state index in [1.54, 1.807) is 38.4 Å². The lowest BCUT2D eigenvalue weighted by molar-refractivity contribution is 0.124. The molecule has 8 heteroatoms. The van der Waals surface area contributed by atoms with Crippen LogP contribution in [0.3, 0.4) is 0 Å². The third-order valence-corrected chi connectivity index (χ3v) is 5.68. The van der Waals surface area contributed by atoms with E-state index in [9.17, 15) is 10.2 Å². The summed E-state index contributed by atoms with van der Waals surface area (Å²) < 4.78 is 22.6. The molecule has 0 saturated heterocycles. The molecule has 1 aliphatic heterocycles. The maximum Gasteiger partial charge on any atom is 0.636 e. The number of methoxy groups -OCH3 is 1. The Labute approximate surface area is 205 Å². The second-order valence-electron chi connectivity index (χ2n) is 8.29. The van der Waals surface area contributed by atoms with Gasteiger partial charge in [-0.3, -0.25) is 0 Å². The van der Waals surface area contributed by atoms with E-state index >= 15 is 0 Å². The summed E-state index contributed by atoms with van der Waals surface area (Å²) in [5.74, 6) is 0.751. The van der Waals surface area contributed by atoms with Crippen LogP contribution in [-0.2, 0) is 15.9 Å². The van der Waals surface area contributed by atoms with Crippen LogP contribution in [0.5, 0.6) is 11.5 Å². The van der Waals surface area contributed by atoms with Crippen molar-refractivity contribution in [1.29, 1.82) is 0 Å². The number of hydrogen-bond donors (Lipinski definition) is 2. The first-order valence-electron chi connectivity index (χ1n) is 11.2. The molecule has 0 aromatic heterocycles. The molecule has 1 heterocycles. The number of aryl methyl sites for hydroxylation is 2. The fraction of sp³-hybridized carbons (Fsp3) is 0.185. The van der Waals surface area contributed by atoms with E-state index in [4.69, 9.17) is 18.8 Å². The number of ether oxygens (including phenoxy) is 2. The Kier molecular flexibility index (Phi) is 7.10. The molecule has 0 aliphatic carbocycles. The molecule has 0 amide bonds. The molecular weight excluding hydrogens is 445 g/mol. The van der Waals surface area contributed by atoms with Gasteiger partial charge in [-0.25, -0.2) is 0 Å². The molecule has 3 aromatic carbocycles. The summed E-state index contributed by atoms with van der Waals surface area (Å²) in [6, 6.07) is 19.3. The molecule has 4 rings (SSSR count). The maximum absolute atomic E-state index is 9.93. The Morgan fingerprint density at radius 2 is 1.46 bits per heavy atom. The number of aliphatic hydroxyl groups is 2.